The minimum atomic E-state index is -0.847. The summed E-state index contributed by atoms with van der Waals surface area (Å²) >= 11 is 0. The smallest absolute Gasteiger partial charge is 0.320 e. The molecular weight excluding hydrogens is 354 g/mol. The van der Waals surface area contributed by atoms with E-state index in [9.17, 15) is 4.79 Å². The lowest BCUT2D eigenvalue weighted by Crippen LogP contribution is -2.48. The summed E-state index contributed by atoms with van der Waals surface area (Å²) in [7, 11) is 0. The second-order valence-electron chi connectivity index (χ2n) is 9.36. The van der Waals surface area contributed by atoms with E-state index in [0.717, 1.165) is 41.4 Å². The van der Waals surface area contributed by atoms with Crippen LogP contribution in [0.4, 0.5) is 0 Å². The normalized spacial score (nSPS) is 31.6. The molecule has 0 amide bonds. The maximum atomic E-state index is 11.0. The first-order chi connectivity index (χ1) is 13.5. The van der Waals surface area contributed by atoms with E-state index in [-0.39, 0.29) is 0 Å². The molecule has 4 bridgehead atoms. The second-order valence-corrected chi connectivity index (χ2v) is 9.36. The van der Waals surface area contributed by atoms with Crippen molar-refractivity contribution in [3.8, 4) is 11.5 Å². The summed E-state index contributed by atoms with van der Waals surface area (Å²) < 4.78 is 12.2. The number of hydrogen-bond acceptors (Lipinski definition) is 4. The molecule has 4 aliphatic carbocycles. The molecule has 154 valence electrons. The molecule has 5 heteroatoms. The van der Waals surface area contributed by atoms with Crippen LogP contribution in [-0.2, 0) is 11.3 Å². The number of benzene rings is 1. The van der Waals surface area contributed by atoms with Crippen molar-refractivity contribution in [1.82, 2.24) is 5.32 Å². The first-order valence-corrected chi connectivity index (χ1v) is 10.8. The fourth-order valence-electron chi connectivity index (χ4n) is 6.11. The van der Waals surface area contributed by atoms with Crippen molar-refractivity contribution in [2.75, 3.05) is 13.2 Å². The molecule has 5 nitrogen and oxygen atoms in total. The van der Waals surface area contributed by atoms with Gasteiger partial charge in [0.2, 0.25) is 0 Å². The van der Waals surface area contributed by atoms with E-state index in [2.05, 4.69) is 5.32 Å². The number of ether oxygens (including phenoxy) is 2. The molecule has 0 aromatic heterocycles. The molecule has 0 radical (unpaired) electrons. The van der Waals surface area contributed by atoms with Crippen LogP contribution in [0.25, 0.3) is 0 Å². The Morgan fingerprint density at radius 1 is 1.14 bits per heavy atom. The predicted octanol–water partition coefficient (Wildman–Crippen LogP) is 4.24. The highest BCUT2D eigenvalue weighted by atomic mass is 16.5. The summed E-state index contributed by atoms with van der Waals surface area (Å²) in [6.45, 7) is 5.48. The quantitative estimate of drug-likeness (QED) is 0.663. The van der Waals surface area contributed by atoms with Gasteiger partial charge in [-0.1, -0.05) is 6.07 Å². The van der Waals surface area contributed by atoms with Gasteiger partial charge < -0.3 is 19.9 Å². The van der Waals surface area contributed by atoms with Gasteiger partial charge in [-0.25, -0.2) is 0 Å². The van der Waals surface area contributed by atoms with E-state index in [1.54, 1.807) is 6.92 Å². The van der Waals surface area contributed by atoms with Crippen molar-refractivity contribution in [2.45, 2.75) is 65.0 Å². The van der Waals surface area contributed by atoms with Gasteiger partial charge in [0.15, 0.2) is 11.5 Å². The van der Waals surface area contributed by atoms with Crippen LogP contribution in [-0.4, -0.2) is 30.3 Å². The number of carbonyl (C=O) groups is 1. The monoisotopic (exact) mass is 387 g/mol. The van der Waals surface area contributed by atoms with Crippen molar-refractivity contribution in [3.05, 3.63) is 23.8 Å². The van der Waals surface area contributed by atoms with Crippen molar-refractivity contribution >= 4 is 5.97 Å². The molecule has 0 spiro atoms. The average molecular weight is 388 g/mol. The number of hydrogen-bond donors (Lipinski definition) is 2. The van der Waals surface area contributed by atoms with Crippen molar-refractivity contribution in [2.24, 2.45) is 23.2 Å². The first-order valence-electron chi connectivity index (χ1n) is 10.8. The maximum absolute atomic E-state index is 11.0. The number of carboxylic acids is 1. The SMILES string of the molecule is CCOc1cc(CNC(C)C(=O)O)ccc1OCC12CC3CC(CC(C3)C1)C2. The van der Waals surface area contributed by atoms with E-state index < -0.39 is 12.0 Å². The lowest BCUT2D eigenvalue weighted by atomic mass is 9.50. The fraction of sp³-hybridized carbons (Fsp3) is 0.696. The topological polar surface area (TPSA) is 67.8 Å². The fourth-order valence-corrected chi connectivity index (χ4v) is 6.11. The van der Waals surface area contributed by atoms with Gasteiger partial charge in [0.25, 0.3) is 0 Å². The molecule has 4 aliphatic rings. The Morgan fingerprint density at radius 3 is 2.36 bits per heavy atom. The Bertz CT molecular complexity index is 681. The summed E-state index contributed by atoms with van der Waals surface area (Å²) in [5, 5.41) is 12.0. The van der Waals surface area contributed by atoms with Crippen molar-refractivity contribution in [1.29, 1.82) is 0 Å². The van der Waals surface area contributed by atoms with Crippen molar-refractivity contribution < 1.29 is 19.4 Å². The number of rotatable bonds is 9. The third-order valence-corrected chi connectivity index (χ3v) is 6.99. The van der Waals surface area contributed by atoms with Gasteiger partial charge in [-0.05, 0) is 87.8 Å². The largest absolute Gasteiger partial charge is 0.490 e. The zero-order chi connectivity index (χ0) is 19.7. The van der Waals surface area contributed by atoms with E-state index in [0.29, 0.717) is 18.6 Å². The summed E-state index contributed by atoms with van der Waals surface area (Å²) in [4.78, 5) is 11.0. The second kappa shape index (κ2) is 7.94. The highest BCUT2D eigenvalue weighted by molar-refractivity contribution is 5.72. The van der Waals surface area contributed by atoms with Crippen LogP contribution in [0.1, 0.15) is 57.9 Å². The summed E-state index contributed by atoms with van der Waals surface area (Å²) in [5.41, 5.74) is 1.37. The molecule has 0 heterocycles. The molecule has 1 unspecified atom stereocenters. The maximum Gasteiger partial charge on any atom is 0.320 e. The number of aliphatic carboxylic acids is 1. The molecule has 1 aromatic rings. The van der Waals surface area contributed by atoms with Gasteiger partial charge in [0.1, 0.15) is 6.04 Å². The first kappa shape index (κ1) is 19.6. The molecular formula is C23H33NO4. The summed E-state index contributed by atoms with van der Waals surface area (Å²) in [6.07, 6.45) is 8.33. The standard InChI is InChI=1S/C23H33NO4/c1-3-27-21-9-16(13-24-15(2)22(25)26)4-5-20(21)28-14-23-10-17-6-18(11-23)8-19(7-17)12-23/h4-5,9,15,17-19,24H,3,6-8,10-14H2,1-2H3,(H,25,26). The zero-order valence-corrected chi connectivity index (χ0v) is 17.1. The third-order valence-electron chi connectivity index (χ3n) is 6.99. The highest BCUT2D eigenvalue weighted by Crippen LogP contribution is 2.60. The average Bonchev–Trinajstić information content (AvgIpc) is 2.64. The van der Waals surface area contributed by atoms with Crippen LogP contribution in [0.3, 0.4) is 0 Å². The lowest BCUT2D eigenvalue weighted by molar-refractivity contribution is -0.139. The Labute approximate surface area is 167 Å². The van der Waals surface area contributed by atoms with Crippen LogP contribution >= 0.6 is 0 Å². The Kier molecular flexibility index (Phi) is 5.55. The van der Waals surface area contributed by atoms with E-state index in [1.165, 1.54) is 38.5 Å². The van der Waals surface area contributed by atoms with Crippen LogP contribution in [0, 0.1) is 23.2 Å². The van der Waals surface area contributed by atoms with Gasteiger partial charge in [-0.15, -0.1) is 0 Å². The van der Waals surface area contributed by atoms with Crippen LogP contribution in [0.5, 0.6) is 11.5 Å². The van der Waals surface area contributed by atoms with E-state index in [1.807, 2.05) is 25.1 Å². The Hall–Kier alpha value is -1.75. The minimum absolute atomic E-state index is 0.370. The molecule has 28 heavy (non-hydrogen) atoms. The van der Waals surface area contributed by atoms with Gasteiger partial charge >= 0.3 is 5.97 Å². The molecule has 1 aromatic carbocycles. The number of nitrogens with one attached hydrogen (secondary N) is 1. The Morgan fingerprint density at radius 2 is 1.79 bits per heavy atom. The Balaban J connectivity index is 1.41. The third kappa shape index (κ3) is 4.14. The summed E-state index contributed by atoms with van der Waals surface area (Å²) in [6, 6.07) is 5.37. The van der Waals surface area contributed by atoms with E-state index >= 15 is 0 Å². The molecule has 4 saturated carbocycles. The molecule has 0 aliphatic heterocycles. The van der Waals surface area contributed by atoms with Gasteiger partial charge in [-0.3, -0.25) is 4.79 Å². The molecule has 1 atom stereocenters. The molecule has 0 saturated heterocycles. The van der Waals surface area contributed by atoms with Gasteiger partial charge in [0, 0.05) is 12.0 Å². The highest BCUT2D eigenvalue weighted by Gasteiger charge is 2.51. The van der Waals surface area contributed by atoms with Crippen LogP contribution in [0.2, 0.25) is 0 Å². The lowest BCUT2D eigenvalue weighted by Gasteiger charge is -2.56. The number of carboxylic acid groups (broad SMARTS) is 1. The van der Waals surface area contributed by atoms with Crippen LogP contribution < -0.4 is 14.8 Å². The molecule has 4 fully saturated rings. The van der Waals surface area contributed by atoms with Gasteiger partial charge in [-0.2, -0.15) is 0 Å². The molecule has 5 rings (SSSR count). The van der Waals surface area contributed by atoms with Crippen molar-refractivity contribution in [3.63, 3.8) is 0 Å². The van der Waals surface area contributed by atoms with Gasteiger partial charge in [0.05, 0.1) is 13.2 Å². The predicted molar refractivity (Wildman–Crippen MR) is 108 cm³/mol. The zero-order valence-electron chi connectivity index (χ0n) is 17.1. The molecule has 2 N–H and O–H groups in total. The minimum Gasteiger partial charge on any atom is -0.490 e. The van der Waals surface area contributed by atoms with Crippen LogP contribution in [0.15, 0.2) is 18.2 Å². The summed E-state index contributed by atoms with van der Waals surface area (Å²) in [5.74, 6) is 3.49. The van der Waals surface area contributed by atoms with E-state index in [4.69, 9.17) is 14.6 Å².